The van der Waals surface area contributed by atoms with Crippen LogP contribution in [0.2, 0.25) is 4.34 Å². The largest absolute Gasteiger partial charge is 0.496 e. The van der Waals surface area contributed by atoms with Gasteiger partial charge in [-0.3, -0.25) is 0 Å². The summed E-state index contributed by atoms with van der Waals surface area (Å²) in [5, 5.41) is 0. The van der Waals surface area contributed by atoms with Crippen molar-refractivity contribution in [2.45, 2.75) is 19.4 Å². The minimum atomic E-state index is -0.0745. The average Bonchev–Trinajstić information content (AvgIpc) is 2.74. The molecule has 0 spiro atoms. The van der Waals surface area contributed by atoms with E-state index in [4.69, 9.17) is 22.1 Å². The lowest BCUT2D eigenvalue weighted by molar-refractivity contribution is 0.405. The Kier molecular flexibility index (Phi) is 4.27. The van der Waals surface area contributed by atoms with E-state index in [0.717, 1.165) is 22.1 Å². The number of aryl methyl sites for hydroxylation is 1. The number of halogens is 1. The van der Waals surface area contributed by atoms with E-state index >= 15 is 0 Å². The van der Waals surface area contributed by atoms with Gasteiger partial charge in [-0.1, -0.05) is 29.3 Å². The molecule has 0 aliphatic heterocycles. The molecule has 0 fully saturated rings. The van der Waals surface area contributed by atoms with E-state index < -0.39 is 0 Å². The highest BCUT2D eigenvalue weighted by molar-refractivity contribution is 7.16. The third kappa shape index (κ3) is 3.05. The smallest absolute Gasteiger partial charge is 0.123 e. The van der Waals surface area contributed by atoms with Gasteiger partial charge >= 0.3 is 0 Å². The van der Waals surface area contributed by atoms with Crippen LogP contribution in [0.4, 0.5) is 0 Å². The molecule has 1 aromatic heterocycles. The van der Waals surface area contributed by atoms with Crippen LogP contribution in [-0.4, -0.2) is 7.11 Å². The summed E-state index contributed by atoms with van der Waals surface area (Å²) in [6.45, 7) is 2.05. The maximum Gasteiger partial charge on any atom is 0.123 e. The summed E-state index contributed by atoms with van der Waals surface area (Å²) >= 11 is 7.50. The van der Waals surface area contributed by atoms with Gasteiger partial charge in [0, 0.05) is 22.9 Å². The first-order valence-electron chi connectivity index (χ1n) is 5.74. The zero-order valence-electron chi connectivity index (χ0n) is 10.4. The molecule has 0 saturated heterocycles. The van der Waals surface area contributed by atoms with Gasteiger partial charge < -0.3 is 10.5 Å². The molecule has 1 aromatic carbocycles. The molecule has 0 aliphatic carbocycles. The zero-order chi connectivity index (χ0) is 13.1. The summed E-state index contributed by atoms with van der Waals surface area (Å²) in [6.07, 6.45) is 0.775. The van der Waals surface area contributed by atoms with Gasteiger partial charge in [0.25, 0.3) is 0 Å². The van der Waals surface area contributed by atoms with Crippen molar-refractivity contribution >= 4 is 22.9 Å². The molecule has 1 atom stereocenters. The van der Waals surface area contributed by atoms with Crippen LogP contribution in [0.15, 0.2) is 30.3 Å². The molecular weight excluding hydrogens is 266 g/mol. The first-order valence-corrected chi connectivity index (χ1v) is 6.94. The molecule has 0 aliphatic rings. The van der Waals surface area contributed by atoms with Gasteiger partial charge in [-0.2, -0.15) is 0 Å². The molecule has 2 nitrogen and oxygen atoms in total. The molecule has 1 unspecified atom stereocenters. The Balaban J connectivity index is 2.22. The van der Waals surface area contributed by atoms with Gasteiger partial charge in [-0.15, -0.1) is 11.3 Å². The fourth-order valence-electron chi connectivity index (χ4n) is 1.93. The van der Waals surface area contributed by atoms with Gasteiger partial charge in [-0.05, 0) is 25.1 Å². The molecule has 96 valence electrons. The Labute approximate surface area is 116 Å². The number of benzene rings is 1. The number of rotatable bonds is 4. The van der Waals surface area contributed by atoms with Crippen LogP contribution in [0.1, 0.15) is 22.0 Å². The van der Waals surface area contributed by atoms with Crippen molar-refractivity contribution in [2.75, 3.05) is 7.11 Å². The third-order valence-electron chi connectivity index (χ3n) is 2.83. The standard InChI is InChI=1S/C14H16ClNOS/c1-9-3-5-13(17-2)11(7-9)12(16)8-10-4-6-14(15)18-10/h3-7,12H,8,16H2,1-2H3. The first-order chi connectivity index (χ1) is 8.60. The second kappa shape index (κ2) is 5.74. The molecule has 18 heavy (non-hydrogen) atoms. The summed E-state index contributed by atoms with van der Waals surface area (Å²) < 4.78 is 6.16. The van der Waals surface area contributed by atoms with Crippen molar-refractivity contribution in [3.63, 3.8) is 0 Å². The summed E-state index contributed by atoms with van der Waals surface area (Å²) in [6, 6.07) is 9.92. The highest BCUT2D eigenvalue weighted by Gasteiger charge is 2.13. The van der Waals surface area contributed by atoms with E-state index in [0.29, 0.717) is 0 Å². The minimum Gasteiger partial charge on any atom is -0.496 e. The molecule has 0 amide bonds. The molecular formula is C14H16ClNOS. The van der Waals surface area contributed by atoms with Crippen LogP contribution in [0.3, 0.4) is 0 Å². The van der Waals surface area contributed by atoms with Gasteiger partial charge in [-0.25, -0.2) is 0 Å². The number of hydrogen-bond acceptors (Lipinski definition) is 3. The van der Waals surface area contributed by atoms with E-state index in [9.17, 15) is 0 Å². The Hall–Kier alpha value is -1.03. The van der Waals surface area contributed by atoms with Crippen LogP contribution in [0.25, 0.3) is 0 Å². The lowest BCUT2D eigenvalue weighted by Gasteiger charge is -2.15. The van der Waals surface area contributed by atoms with Gasteiger partial charge in [0.1, 0.15) is 5.75 Å². The highest BCUT2D eigenvalue weighted by atomic mass is 35.5. The molecule has 0 radical (unpaired) electrons. The van der Waals surface area contributed by atoms with Crippen LogP contribution in [-0.2, 0) is 6.42 Å². The van der Waals surface area contributed by atoms with Gasteiger partial charge in [0.2, 0.25) is 0 Å². The summed E-state index contributed by atoms with van der Waals surface area (Å²) in [5.41, 5.74) is 8.49. The van der Waals surface area contributed by atoms with Crippen LogP contribution in [0, 0.1) is 6.92 Å². The first kappa shape index (κ1) is 13.4. The van der Waals surface area contributed by atoms with E-state index in [2.05, 4.69) is 13.0 Å². The van der Waals surface area contributed by atoms with Crippen LogP contribution >= 0.6 is 22.9 Å². The van der Waals surface area contributed by atoms with E-state index in [1.165, 1.54) is 10.4 Å². The summed E-state index contributed by atoms with van der Waals surface area (Å²) in [5.74, 6) is 0.843. The Morgan fingerprint density at radius 2 is 2.11 bits per heavy atom. The predicted octanol–water partition coefficient (Wildman–Crippen LogP) is 3.96. The number of hydrogen-bond donors (Lipinski definition) is 1. The van der Waals surface area contributed by atoms with Crippen molar-refractivity contribution in [2.24, 2.45) is 5.73 Å². The molecule has 4 heteroatoms. The second-order valence-corrected chi connectivity index (χ2v) is 6.06. The fourth-order valence-corrected chi connectivity index (χ4v) is 3.08. The highest BCUT2D eigenvalue weighted by Crippen LogP contribution is 2.30. The van der Waals surface area contributed by atoms with E-state index in [1.54, 1.807) is 18.4 Å². The van der Waals surface area contributed by atoms with Crippen molar-refractivity contribution in [3.8, 4) is 5.75 Å². The lowest BCUT2D eigenvalue weighted by atomic mass is 10.0. The van der Waals surface area contributed by atoms with Gasteiger partial charge in [0.05, 0.1) is 11.4 Å². The average molecular weight is 282 g/mol. The third-order valence-corrected chi connectivity index (χ3v) is 4.09. The van der Waals surface area contributed by atoms with Gasteiger partial charge in [0.15, 0.2) is 0 Å². The molecule has 1 heterocycles. The fraction of sp³-hybridized carbons (Fsp3) is 0.286. The number of ether oxygens (including phenoxy) is 1. The van der Waals surface area contributed by atoms with Crippen LogP contribution < -0.4 is 10.5 Å². The summed E-state index contributed by atoms with van der Waals surface area (Å²) in [4.78, 5) is 1.19. The quantitative estimate of drug-likeness (QED) is 0.921. The van der Waals surface area contributed by atoms with Crippen molar-refractivity contribution in [3.05, 3.63) is 50.7 Å². The molecule has 2 aromatic rings. The monoisotopic (exact) mass is 281 g/mol. The number of methoxy groups -OCH3 is 1. The predicted molar refractivity (Wildman–Crippen MR) is 77.7 cm³/mol. The molecule has 0 saturated carbocycles. The lowest BCUT2D eigenvalue weighted by Crippen LogP contribution is -2.14. The Bertz CT molecular complexity index is 538. The molecule has 2 N–H and O–H groups in total. The SMILES string of the molecule is COc1ccc(C)cc1C(N)Cc1ccc(Cl)s1. The normalized spacial score (nSPS) is 12.4. The Morgan fingerprint density at radius 3 is 2.72 bits per heavy atom. The van der Waals surface area contributed by atoms with E-state index in [-0.39, 0.29) is 6.04 Å². The summed E-state index contributed by atoms with van der Waals surface area (Å²) in [7, 11) is 1.67. The second-order valence-electron chi connectivity index (χ2n) is 4.26. The van der Waals surface area contributed by atoms with Crippen molar-refractivity contribution < 1.29 is 4.74 Å². The number of thiophene rings is 1. The zero-order valence-corrected chi connectivity index (χ0v) is 12.0. The maximum atomic E-state index is 6.27. The minimum absolute atomic E-state index is 0.0745. The van der Waals surface area contributed by atoms with Crippen LogP contribution in [0.5, 0.6) is 5.75 Å². The van der Waals surface area contributed by atoms with E-state index in [1.807, 2.05) is 24.3 Å². The van der Waals surface area contributed by atoms with Crippen molar-refractivity contribution in [1.82, 2.24) is 0 Å². The molecule has 2 rings (SSSR count). The number of nitrogens with two attached hydrogens (primary N) is 1. The Morgan fingerprint density at radius 1 is 1.33 bits per heavy atom. The topological polar surface area (TPSA) is 35.2 Å². The van der Waals surface area contributed by atoms with Crippen molar-refractivity contribution in [1.29, 1.82) is 0 Å². The maximum absolute atomic E-state index is 6.27. The molecule has 0 bridgehead atoms.